The maximum absolute atomic E-state index is 11.3. The lowest BCUT2D eigenvalue weighted by Gasteiger charge is -2.21. The Hall–Kier alpha value is -2.21. The molecule has 0 saturated carbocycles. The molecule has 25 heavy (non-hydrogen) atoms. The van der Waals surface area contributed by atoms with Crippen LogP contribution in [0, 0.1) is 13.8 Å². The van der Waals surface area contributed by atoms with E-state index < -0.39 is 0 Å². The molecule has 1 saturated heterocycles. The summed E-state index contributed by atoms with van der Waals surface area (Å²) in [5.74, 6) is 0.592. The number of nitrogens with zero attached hydrogens (tertiary/aromatic N) is 3. The summed E-state index contributed by atoms with van der Waals surface area (Å²) in [6.45, 7) is 6.22. The number of hydrogen-bond acceptors (Lipinski definition) is 6. The van der Waals surface area contributed by atoms with Crippen molar-refractivity contribution in [3.63, 3.8) is 0 Å². The van der Waals surface area contributed by atoms with Crippen LogP contribution in [0.1, 0.15) is 30.5 Å². The fourth-order valence-electron chi connectivity index (χ4n) is 3.32. The molecule has 0 radical (unpaired) electrons. The van der Waals surface area contributed by atoms with Crippen molar-refractivity contribution in [2.45, 2.75) is 39.2 Å². The summed E-state index contributed by atoms with van der Waals surface area (Å²) in [7, 11) is 1.42. The highest BCUT2D eigenvalue weighted by atomic mass is 16.5. The van der Waals surface area contributed by atoms with Gasteiger partial charge < -0.3 is 15.0 Å². The van der Waals surface area contributed by atoms with Crippen LogP contribution in [0.15, 0.2) is 18.2 Å². The van der Waals surface area contributed by atoms with Gasteiger partial charge in [0, 0.05) is 24.5 Å². The van der Waals surface area contributed by atoms with E-state index in [0.717, 1.165) is 54.9 Å². The molecule has 0 bridgehead atoms. The van der Waals surface area contributed by atoms with Gasteiger partial charge in [-0.05, 0) is 44.7 Å². The van der Waals surface area contributed by atoms with Crippen LogP contribution in [-0.2, 0) is 9.53 Å². The lowest BCUT2D eigenvalue weighted by molar-refractivity contribution is -0.139. The second kappa shape index (κ2) is 7.78. The molecule has 1 atom stereocenters. The van der Waals surface area contributed by atoms with E-state index in [1.807, 2.05) is 6.92 Å². The third kappa shape index (κ3) is 4.25. The predicted molar refractivity (Wildman–Crippen MR) is 98.9 cm³/mol. The van der Waals surface area contributed by atoms with E-state index in [1.165, 1.54) is 12.7 Å². The molecule has 6 heteroatoms. The van der Waals surface area contributed by atoms with E-state index in [0.29, 0.717) is 6.04 Å². The Morgan fingerprint density at radius 3 is 2.92 bits per heavy atom. The summed E-state index contributed by atoms with van der Waals surface area (Å²) in [6, 6.07) is 6.64. The number of hydrogen-bond donors (Lipinski definition) is 1. The van der Waals surface area contributed by atoms with Crippen molar-refractivity contribution in [3.05, 3.63) is 29.5 Å². The third-order valence-electron chi connectivity index (χ3n) is 4.80. The maximum atomic E-state index is 11.3. The van der Waals surface area contributed by atoms with Crippen molar-refractivity contribution in [2.24, 2.45) is 0 Å². The van der Waals surface area contributed by atoms with Gasteiger partial charge in [0.15, 0.2) is 0 Å². The van der Waals surface area contributed by atoms with Crippen molar-refractivity contribution in [3.8, 4) is 0 Å². The van der Waals surface area contributed by atoms with Gasteiger partial charge in [-0.1, -0.05) is 12.1 Å². The van der Waals surface area contributed by atoms with Crippen LogP contribution in [0.4, 0.5) is 5.95 Å². The number of aryl methyl sites for hydroxylation is 2. The van der Waals surface area contributed by atoms with Crippen molar-refractivity contribution in [1.82, 2.24) is 15.3 Å². The topological polar surface area (TPSA) is 67.3 Å². The minimum Gasteiger partial charge on any atom is -0.468 e. The Morgan fingerprint density at radius 2 is 2.12 bits per heavy atom. The van der Waals surface area contributed by atoms with E-state index in [4.69, 9.17) is 14.7 Å². The van der Waals surface area contributed by atoms with Crippen molar-refractivity contribution < 1.29 is 9.53 Å². The average Bonchev–Trinajstić information content (AvgIpc) is 2.84. The number of carbonyl (C=O) groups excluding carboxylic acids is 1. The highest BCUT2D eigenvalue weighted by molar-refractivity contribution is 5.82. The van der Waals surface area contributed by atoms with E-state index in [-0.39, 0.29) is 12.5 Å². The zero-order valence-corrected chi connectivity index (χ0v) is 15.2. The normalized spacial score (nSPS) is 18.2. The number of methoxy groups -OCH3 is 1. The highest BCUT2D eigenvalue weighted by Crippen LogP contribution is 2.22. The SMILES string of the molecule is COC(=O)CNC1CCCN(c2nc(C)c3ccc(C)cc3n2)CC1. The molecule has 1 aromatic carbocycles. The van der Waals surface area contributed by atoms with E-state index >= 15 is 0 Å². The van der Waals surface area contributed by atoms with Crippen LogP contribution in [0.25, 0.3) is 10.9 Å². The lowest BCUT2D eigenvalue weighted by Crippen LogP contribution is -2.35. The number of fused-ring (bicyclic) bond motifs is 1. The van der Waals surface area contributed by atoms with Gasteiger partial charge in [0.05, 0.1) is 24.9 Å². The van der Waals surface area contributed by atoms with E-state index in [9.17, 15) is 4.79 Å². The molecule has 1 unspecified atom stereocenters. The summed E-state index contributed by atoms with van der Waals surface area (Å²) in [5, 5.41) is 4.40. The first-order valence-corrected chi connectivity index (χ1v) is 8.87. The molecule has 1 aliphatic rings. The van der Waals surface area contributed by atoms with Crippen LogP contribution in [0.5, 0.6) is 0 Å². The number of aromatic nitrogens is 2. The van der Waals surface area contributed by atoms with Gasteiger partial charge in [-0.15, -0.1) is 0 Å². The second-order valence-electron chi connectivity index (χ2n) is 6.70. The van der Waals surface area contributed by atoms with Crippen molar-refractivity contribution in [1.29, 1.82) is 0 Å². The number of benzene rings is 1. The minimum atomic E-state index is -0.218. The van der Waals surface area contributed by atoms with Crippen molar-refractivity contribution >= 4 is 22.8 Å². The number of esters is 1. The predicted octanol–water partition coefficient (Wildman–Crippen LogP) is 2.37. The molecule has 1 fully saturated rings. The number of anilines is 1. The molecule has 2 heterocycles. The Labute approximate surface area is 148 Å². The number of ether oxygens (including phenoxy) is 1. The lowest BCUT2D eigenvalue weighted by atomic mass is 10.1. The van der Waals surface area contributed by atoms with Crippen LogP contribution in [-0.4, -0.2) is 48.7 Å². The first-order chi connectivity index (χ1) is 12.1. The molecule has 6 nitrogen and oxygen atoms in total. The average molecular weight is 342 g/mol. The van der Waals surface area contributed by atoms with Crippen LogP contribution >= 0.6 is 0 Å². The van der Waals surface area contributed by atoms with Gasteiger partial charge in [-0.3, -0.25) is 4.79 Å². The number of nitrogens with one attached hydrogen (secondary N) is 1. The van der Waals surface area contributed by atoms with Crippen molar-refractivity contribution in [2.75, 3.05) is 31.6 Å². The van der Waals surface area contributed by atoms with Gasteiger partial charge in [-0.2, -0.15) is 0 Å². The minimum absolute atomic E-state index is 0.218. The molecule has 3 rings (SSSR count). The molecule has 0 spiro atoms. The first-order valence-electron chi connectivity index (χ1n) is 8.87. The van der Waals surface area contributed by atoms with E-state index in [1.54, 1.807) is 0 Å². The van der Waals surface area contributed by atoms with Crippen LogP contribution in [0.3, 0.4) is 0 Å². The van der Waals surface area contributed by atoms with Crippen LogP contribution < -0.4 is 10.2 Å². The summed E-state index contributed by atoms with van der Waals surface area (Å²) < 4.78 is 4.69. The summed E-state index contributed by atoms with van der Waals surface area (Å²) >= 11 is 0. The van der Waals surface area contributed by atoms with Crippen LogP contribution in [0.2, 0.25) is 0 Å². The number of rotatable bonds is 4. The van der Waals surface area contributed by atoms with Gasteiger partial charge in [0.25, 0.3) is 0 Å². The summed E-state index contributed by atoms with van der Waals surface area (Å²) in [5.41, 5.74) is 3.23. The fraction of sp³-hybridized carbons (Fsp3) is 0.526. The summed E-state index contributed by atoms with van der Waals surface area (Å²) in [6.07, 6.45) is 3.05. The van der Waals surface area contributed by atoms with Gasteiger partial charge in [-0.25, -0.2) is 9.97 Å². The quantitative estimate of drug-likeness (QED) is 0.861. The Balaban J connectivity index is 1.72. The zero-order chi connectivity index (χ0) is 17.8. The molecular formula is C19H26N4O2. The fourth-order valence-corrected chi connectivity index (χ4v) is 3.32. The molecule has 1 aliphatic heterocycles. The zero-order valence-electron chi connectivity index (χ0n) is 15.2. The first kappa shape index (κ1) is 17.6. The standard InChI is InChI=1S/C19H26N4O2/c1-13-6-7-16-14(2)21-19(22-17(16)11-13)23-9-4-5-15(8-10-23)20-12-18(24)25-3/h6-7,11,15,20H,4-5,8-10,12H2,1-3H3. The monoisotopic (exact) mass is 342 g/mol. The molecule has 1 aromatic heterocycles. The Kier molecular flexibility index (Phi) is 5.48. The van der Waals surface area contributed by atoms with E-state index in [2.05, 4.69) is 35.3 Å². The number of carbonyl (C=O) groups is 1. The van der Waals surface area contributed by atoms with Gasteiger partial charge >= 0.3 is 5.97 Å². The highest BCUT2D eigenvalue weighted by Gasteiger charge is 2.20. The molecule has 2 aromatic rings. The molecule has 0 aliphatic carbocycles. The largest absolute Gasteiger partial charge is 0.468 e. The Morgan fingerprint density at radius 1 is 1.28 bits per heavy atom. The van der Waals surface area contributed by atoms with Gasteiger partial charge in [0.1, 0.15) is 0 Å². The smallest absolute Gasteiger partial charge is 0.319 e. The molecular weight excluding hydrogens is 316 g/mol. The van der Waals surface area contributed by atoms with Gasteiger partial charge in [0.2, 0.25) is 5.95 Å². The third-order valence-corrected chi connectivity index (χ3v) is 4.80. The molecule has 1 N–H and O–H groups in total. The second-order valence-corrected chi connectivity index (χ2v) is 6.70. The Bertz CT molecular complexity index is 762. The summed E-state index contributed by atoms with van der Waals surface area (Å²) in [4.78, 5) is 23.1. The molecule has 134 valence electrons. The molecule has 0 amide bonds. The maximum Gasteiger partial charge on any atom is 0.319 e.